The largest absolute Gasteiger partial charge is 0.497 e. The molecule has 10 heavy (non-hydrogen) atoms. The Morgan fingerprint density at radius 2 is 1.90 bits per heavy atom. The van der Waals surface area contributed by atoms with Crippen LogP contribution in [0.1, 0.15) is 0 Å². The first-order valence-corrected chi connectivity index (χ1v) is 5.12. The van der Waals surface area contributed by atoms with Crippen LogP contribution < -0.4 is 4.74 Å². The highest BCUT2D eigenvalue weighted by Gasteiger charge is 1.87. The number of ether oxygens (including phenoxy) is 1. The first kappa shape index (κ1) is 7.77. The fraction of sp³-hybridized carbons (Fsp3) is 0.143. The number of hydrogen-bond donors (Lipinski definition) is 1. The first-order chi connectivity index (χ1) is 4.86. The average Bonchev–Trinajstić information content (AvgIpc) is 2.05. The molecule has 0 amide bonds. The lowest BCUT2D eigenvalue weighted by atomic mass is 10.3. The van der Waals surface area contributed by atoms with Crippen LogP contribution in [-0.2, 0) is 10.9 Å². The topological polar surface area (TPSA) is 9.23 Å². The minimum Gasteiger partial charge on any atom is -0.497 e. The van der Waals surface area contributed by atoms with Gasteiger partial charge in [0, 0.05) is 4.90 Å². The van der Waals surface area contributed by atoms with Crippen LogP contribution in [-0.4, -0.2) is 7.11 Å². The molecule has 0 atom stereocenters. The summed E-state index contributed by atoms with van der Waals surface area (Å²) in [6.07, 6.45) is 0. The monoisotopic (exact) mass is 172 g/mol. The van der Waals surface area contributed by atoms with E-state index in [1.807, 2.05) is 24.3 Å². The van der Waals surface area contributed by atoms with E-state index in [-0.39, 0.29) is 0 Å². The molecule has 0 aliphatic rings. The number of rotatable bonds is 2. The molecule has 54 valence electrons. The van der Waals surface area contributed by atoms with Gasteiger partial charge in [0.15, 0.2) is 0 Å². The van der Waals surface area contributed by atoms with Gasteiger partial charge in [-0.3, -0.25) is 0 Å². The lowest BCUT2D eigenvalue weighted by Crippen LogP contribution is -1.80. The van der Waals surface area contributed by atoms with Crippen LogP contribution in [0, 0.1) is 0 Å². The molecule has 0 aliphatic heterocycles. The zero-order valence-electron chi connectivity index (χ0n) is 5.66. The molecule has 0 aliphatic carbocycles. The fourth-order valence-corrected chi connectivity index (χ4v) is 1.40. The summed E-state index contributed by atoms with van der Waals surface area (Å²) in [6, 6.07) is 7.94. The van der Waals surface area contributed by atoms with Crippen LogP contribution in [0.15, 0.2) is 29.2 Å². The molecule has 0 radical (unpaired) electrons. The van der Waals surface area contributed by atoms with Crippen LogP contribution >= 0.6 is 8.02 Å². The lowest BCUT2D eigenvalue weighted by molar-refractivity contribution is 0.414. The van der Waals surface area contributed by atoms with Crippen LogP contribution in [0.2, 0.25) is 0 Å². The number of methoxy groups -OCH3 is 1. The van der Waals surface area contributed by atoms with E-state index in [2.05, 4.69) is 8.02 Å². The van der Waals surface area contributed by atoms with Gasteiger partial charge in [0.25, 0.3) is 0 Å². The third kappa shape index (κ3) is 1.83. The van der Waals surface area contributed by atoms with Crippen molar-refractivity contribution in [2.24, 2.45) is 0 Å². The van der Waals surface area contributed by atoms with E-state index in [4.69, 9.17) is 4.74 Å². The molecule has 1 aromatic carbocycles. The molecule has 0 bridgehead atoms. The van der Waals surface area contributed by atoms with Crippen molar-refractivity contribution in [2.45, 2.75) is 4.90 Å². The summed E-state index contributed by atoms with van der Waals surface area (Å²) in [6.45, 7) is 0. The summed E-state index contributed by atoms with van der Waals surface area (Å²) in [5.41, 5.74) is 0. The first-order valence-electron chi connectivity index (χ1n) is 2.88. The van der Waals surface area contributed by atoms with Crippen LogP contribution in [0.5, 0.6) is 5.75 Å². The van der Waals surface area contributed by atoms with Gasteiger partial charge in [-0.05, 0) is 24.3 Å². The Balaban J connectivity index is 2.90. The Labute approximate surface area is 66.2 Å². The quantitative estimate of drug-likeness (QED) is 0.529. The SMILES string of the molecule is COc1ccc([SH]=P)cc1. The Morgan fingerprint density at radius 1 is 1.30 bits per heavy atom. The van der Waals surface area contributed by atoms with E-state index in [1.165, 1.54) is 4.90 Å². The molecule has 0 N–H and O–H groups in total. The second-order valence-electron chi connectivity index (χ2n) is 1.81. The van der Waals surface area contributed by atoms with Crippen LogP contribution in [0.25, 0.3) is 0 Å². The van der Waals surface area contributed by atoms with Crippen molar-refractivity contribution < 1.29 is 4.74 Å². The van der Waals surface area contributed by atoms with Gasteiger partial charge in [-0.2, -0.15) is 0 Å². The van der Waals surface area contributed by atoms with E-state index < -0.39 is 0 Å². The zero-order valence-corrected chi connectivity index (χ0v) is 7.56. The number of benzene rings is 1. The maximum atomic E-state index is 4.99. The second-order valence-corrected chi connectivity index (χ2v) is 3.22. The van der Waals surface area contributed by atoms with E-state index in [0.29, 0.717) is 0 Å². The van der Waals surface area contributed by atoms with E-state index in [0.717, 1.165) is 16.7 Å². The van der Waals surface area contributed by atoms with Crippen molar-refractivity contribution in [3.05, 3.63) is 24.3 Å². The molecule has 0 fully saturated rings. The number of hydrogen-bond acceptors (Lipinski definition) is 1. The normalized spacial score (nSPS) is 9.30. The minimum absolute atomic E-state index is 0.902. The van der Waals surface area contributed by atoms with E-state index in [9.17, 15) is 0 Å². The van der Waals surface area contributed by atoms with Gasteiger partial charge in [0.05, 0.1) is 7.11 Å². The van der Waals surface area contributed by atoms with Crippen LogP contribution in [0.3, 0.4) is 0 Å². The van der Waals surface area contributed by atoms with Crippen molar-refractivity contribution in [3.8, 4) is 5.75 Å². The molecule has 0 saturated heterocycles. The highest BCUT2D eigenvalue weighted by Crippen LogP contribution is 2.11. The predicted octanol–water partition coefficient (Wildman–Crippen LogP) is 1.93. The van der Waals surface area contributed by atoms with Crippen molar-refractivity contribution in [3.63, 3.8) is 0 Å². The smallest absolute Gasteiger partial charge is 0.118 e. The van der Waals surface area contributed by atoms with Gasteiger partial charge >= 0.3 is 0 Å². The third-order valence-corrected chi connectivity index (χ3v) is 2.53. The Hall–Kier alpha value is -0.330. The summed E-state index contributed by atoms with van der Waals surface area (Å²) in [5.74, 6) is 0.902. The van der Waals surface area contributed by atoms with Crippen molar-refractivity contribution >= 4 is 19.0 Å². The van der Waals surface area contributed by atoms with Crippen molar-refractivity contribution in [1.82, 2.24) is 0 Å². The highest BCUT2D eigenvalue weighted by atomic mass is 32.5. The van der Waals surface area contributed by atoms with Crippen molar-refractivity contribution in [1.29, 1.82) is 0 Å². The van der Waals surface area contributed by atoms with Gasteiger partial charge in [0.1, 0.15) is 5.75 Å². The van der Waals surface area contributed by atoms with Gasteiger partial charge in [-0.1, -0.05) is 8.02 Å². The predicted molar refractivity (Wildman–Crippen MR) is 48.3 cm³/mol. The second kappa shape index (κ2) is 3.75. The Morgan fingerprint density at radius 3 is 2.30 bits per heavy atom. The molecule has 0 unspecified atom stereocenters. The maximum absolute atomic E-state index is 4.99. The molecule has 1 nitrogen and oxygen atoms in total. The molecule has 0 aromatic heterocycles. The van der Waals surface area contributed by atoms with Crippen molar-refractivity contribution in [2.75, 3.05) is 7.11 Å². The molecule has 0 saturated carbocycles. The molecule has 1 rings (SSSR count). The zero-order chi connectivity index (χ0) is 7.40. The minimum atomic E-state index is 0.902. The van der Waals surface area contributed by atoms with E-state index >= 15 is 0 Å². The van der Waals surface area contributed by atoms with Gasteiger partial charge < -0.3 is 4.74 Å². The Bertz CT molecular complexity index is 220. The Kier molecular flexibility index (Phi) is 2.91. The molecule has 3 heteroatoms. The molecular weight excluding hydrogens is 163 g/mol. The van der Waals surface area contributed by atoms with Gasteiger partial charge in [0.2, 0.25) is 0 Å². The lowest BCUT2D eigenvalue weighted by Gasteiger charge is -1.97. The summed E-state index contributed by atoms with van der Waals surface area (Å²) in [4.78, 5) is 1.23. The molecule has 0 spiro atoms. The maximum Gasteiger partial charge on any atom is 0.118 e. The van der Waals surface area contributed by atoms with Crippen LogP contribution in [0.4, 0.5) is 0 Å². The standard InChI is InChI=1S/C7H9OPS/c1-8-6-2-4-7(10-9)5-3-6/h2-5,9-10H,1H3. The summed E-state index contributed by atoms with van der Waals surface area (Å²) >= 11 is 0. The summed E-state index contributed by atoms with van der Waals surface area (Å²) in [7, 11) is 6.16. The third-order valence-electron chi connectivity index (χ3n) is 1.20. The molecule has 0 heterocycles. The summed E-state index contributed by atoms with van der Waals surface area (Å²) in [5, 5.41) is 0. The molecule has 1 aromatic rings. The fourth-order valence-electron chi connectivity index (χ4n) is 0.657. The summed E-state index contributed by atoms with van der Waals surface area (Å²) < 4.78 is 4.99. The highest BCUT2D eigenvalue weighted by molar-refractivity contribution is 8.02. The number of thiol groups is 1. The average molecular weight is 172 g/mol. The van der Waals surface area contributed by atoms with Gasteiger partial charge in [-0.25, -0.2) is 0 Å². The van der Waals surface area contributed by atoms with Gasteiger partial charge in [-0.15, -0.1) is 10.9 Å². The molecular formula is C7H9OPS. The van der Waals surface area contributed by atoms with E-state index in [1.54, 1.807) is 7.11 Å².